The first-order valence-corrected chi connectivity index (χ1v) is 11.6. The Morgan fingerprint density at radius 1 is 1.20 bits per heavy atom. The molecule has 3 rings (SSSR count). The number of amides is 1. The number of sulfonamides is 1. The maximum Gasteiger partial charge on any atom is 0.265 e. The van der Waals surface area contributed by atoms with Crippen molar-refractivity contribution in [2.45, 2.75) is 33.2 Å². The average Bonchev–Trinajstić information content (AvgIpc) is 2.98. The summed E-state index contributed by atoms with van der Waals surface area (Å²) in [6.45, 7) is 4.22. The molecule has 2 aromatic carbocycles. The zero-order valence-electron chi connectivity index (χ0n) is 16.5. The molecule has 6 nitrogen and oxygen atoms in total. The molecule has 30 heavy (non-hydrogen) atoms. The normalized spacial score (nSPS) is 12.0. The Kier molecular flexibility index (Phi) is 6.85. The molecule has 1 N–H and O–H groups in total. The van der Waals surface area contributed by atoms with Crippen LogP contribution in [0.3, 0.4) is 0 Å². The van der Waals surface area contributed by atoms with Gasteiger partial charge in [-0.3, -0.25) is 4.79 Å². The molecule has 0 saturated heterocycles. The zero-order chi connectivity index (χ0) is 21.9. The van der Waals surface area contributed by atoms with Crippen molar-refractivity contribution >= 4 is 50.2 Å². The van der Waals surface area contributed by atoms with Gasteiger partial charge in [-0.1, -0.05) is 48.7 Å². The van der Waals surface area contributed by atoms with Gasteiger partial charge in [-0.2, -0.15) is 0 Å². The van der Waals surface area contributed by atoms with Crippen molar-refractivity contribution < 1.29 is 13.2 Å². The first-order chi connectivity index (χ1) is 14.2. The van der Waals surface area contributed by atoms with E-state index in [-0.39, 0.29) is 5.56 Å². The van der Waals surface area contributed by atoms with Crippen LogP contribution in [0, 0.1) is 6.92 Å². The van der Waals surface area contributed by atoms with E-state index < -0.39 is 15.9 Å². The number of benzene rings is 2. The minimum absolute atomic E-state index is 0.221. The largest absolute Gasteiger partial charge is 0.324 e. The number of hydrogen-bond donors (Lipinski definition) is 1. The molecule has 0 unspecified atom stereocenters. The standard InChI is InChI=1S/C21H21Cl2N3O3S/c1-3-4-5-10-30(28,29)25-21(27)15-7-9-19-20(11-15)26(14(2)24-19)13-16-6-8-17(22)12-18(16)23/h5-12H,3-4,13H2,1-2H3,(H,25,27). The molecule has 0 aliphatic rings. The van der Waals surface area contributed by atoms with Crippen molar-refractivity contribution in [1.29, 1.82) is 0 Å². The second-order valence-electron chi connectivity index (χ2n) is 6.82. The van der Waals surface area contributed by atoms with Gasteiger partial charge in [-0.15, -0.1) is 0 Å². The summed E-state index contributed by atoms with van der Waals surface area (Å²) in [5.74, 6) is 0.0386. The highest BCUT2D eigenvalue weighted by atomic mass is 35.5. The van der Waals surface area contributed by atoms with Crippen molar-refractivity contribution in [2.24, 2.45) is 0 Å². The minimum atomic E-state index is -3.85. The van der Waals surface area contributed by atoms with Crippen LogP contribution in [0.4, 0.5) is 0 Å². The van der Waals surface area contributed by atoms with Gasteiger partial charge in [-0.05, 0) is 49.2 Å². The third kappa shape index (κ3) is 5.22. The van der Waals surface area contributed by atoms with Crippen molar-refractivity contribution in [3.63, 3.8) is 0 Å². The fourth-order valence-corrected chi connectivity index (χ4v) is 4.29. The van der Waals surface area contributed by atoms with Crippen molar-refractivity contribution in [1.82, 2.24) is 14.3 Å². The second-order valence-corrected chi connectivity index (χ2v) is 9.23. The van der Waals surface area contributed by atoms with Crippen molar-refractivity contribution in [3.05, 3.63) is 74.9 Å². The number of rotatable bonds is 7. The highest BCUT2D eigenvalue weighted by Gasteiger charge is 2.16. The summed E-state index contributed by atoms with van der Waals surface area (Å²) < 4.78 is 28.1. The summed E-state index contributed by atoms with van der Waals surface area (Å²) in [7, 11) is -3.85. The highest BCUT2D eigenvalue weighted by molar-refractivity contribution is 7.92. The number of allylic oxidation sites excluding steroid dienone is 1. The van der Waals surface area contributed by atoms with Crippen LogP contribution in [0.25, 0.3) is 11.0 Å². The molecule has 0 spiro atoms. The number of carbonyl (C=O) groups excluding carboxylic acids is 1. The van der Waals surface area contributed by atoms with E-state index in [1.165, 1.54) is 6.08 Å². The molecule has 0 aliphatic carbocycles. The summed E-state index contributed by atoms with van der Waals surface area (Å²) in [4.78, 5) is 17.0. The average molecular weight is 466 g/mol. The van der Waals surface area contributed by atoms with Crippen LogP contribution in [0.5, 0.6) is 0 Å². The molecule has 158 valence electrons. The van der Waals surface area contributed by atoms with Gasteiger partial charge in [0.15, 0.2) is 0 Å². The van der Waals surface area contributed by atoms with Crippen LogP contribution in [0.2, 0.25) is 10.0 Å². The van der Waals surface area contributed by atoms with E-state index in [4.69, 9.17) is 23.2 Å². The summed E-state index contributed by atoms with van der Waals surface area (Å²) >= 11 is 12.3. The van der Waals surface area contributed by atoms with Gasteiger partial charge >= 0.3 is 0 Å². The molecule has 9 heteroatoms. The summed E-state index contributed by atoms with van der Waals surface area (Å²) in [6.07, 6.45) is 2.96. The minimum Gasteiger partial charge on any atom is -0.324 e. The molecule has 1 aromatic heterocycles. The number of aryl methyl sites for hydroxylation is 1. The lowest BCUT2D eigenvalue weighted by atomic mass is 10.2. The smallest absolute Gasteiger partial charge is 0.265 e. The van der Waals surface area contributed by atoms with Crippen LogP contribution in [-0.2, 0) is 16.6 Å². The Morgan fingerprint density at radius 3 is 2.67 bits per heavy atom. The Morgan fingerprint density at radius 2 is 1.97 bits per heavy atom. The van der Waals surface area contributed by atoms with Gasteiger partial charge in [0.1, 0.15) is 5.82 Å². The molecule has 0 radical (unpaired) electrons. The third-order valence-corrected chi connectivity index (χ3v) is 6.12. The first-order valence-electron chi connectivity index (χ1n) is 9.34. The van der Waals surface area contributed by atoms with E-state index in [1.807, 2.05) is 24.5 Å². The maximum atomic E-state index is 12.5. The molecule has 1 heterocycles. The van der Waals surface area contributed by atoms with Crippen LogP contribution < -0.4 is 4.72 Å². The summed E-state index contributed by atoms with van der Waals surface area (Å²) in [5, 5.41) is 2.09. The summed E-state index contributed by atoms with van der Waals surface area (Å²) in [6, 6.07) is 10.1. The maximum absolute atomic E-state index is 12.5. The topological polar surface area (TPSA) is 81.1 Å². The van der Waals surface area contributed by atoms with E-state index >= 15 is 0 Å². The number of aromatic nitrogens is 2. The van der Waals surface area contributed by atoms with Crippen LogP contribution >= 0.6 is 23.2 Å². The molecule has 0 atom stereocenters. The van der Waals surface area contributed by atoms with Gasteiger partial charge in [0, 0.05) is 21.0 Å². The number of fused-ring (bicyclic) bond motifs is 1. The lowest BCUT2D eigenvalue weighted by molar-refractivity contribution is 0.0982. The third-order valence-electron chi connectivity index (χ3n) is 4.51. The highest BCUT2D eigenvalue weighted by Crippen LogP contribution is 2.25. The number of hydrogen-bond acceptors (Lipinski definition) is 4. The molecule has 0 bridgehead atoms. The predicted molar refractivity (Wildman–Crippen MR) is 120 cm³/mol. The Balaban J connectivity index is 1.92. The van der Waals surface area contributed by atoms with E-state index in [9.17, 15) is 13.2 Å². The SMILES string of the molecule is CCCC=CS(=O)(=O)NC(=O)c1ccc2nc(C)n(Cc3ccc(Cl)cc3Cl)c2c1. The molecule has 1 amide bonds. The summed E-state index contributed by atoms with van der Waals surface area (Å²) in [5.41, 5.74) is 2.46. The molecule has 0 fully saturated rings. The predicted octanol–water partition coefficient (Wildman–Crippen LogP) is 5.07. The molecule has 3 aromatic rings. The second kappa shape index (κ2) is 9.20. The quantitative estimate of drug-likeness (QED) is 0.527. The Hall–Kier alpha value is -2.35. The van der Waals surface area contributed by atoms with Gasteiger partial charge < -0.3 is 4.57 Å². The van der Waals surface area contributed by atoms with E-state index in [0.29, 0.717) is 34.0 Å². The molecular formula is C21H21Cl2N3O3S. The molecule has 0 saturated carbocycles. The number of carbonyl (C=O) groups is 1. The fraction of sp³-hybridized carbons (Fsp3) is 0.238. The van der Waals surface area contributed by atoms with Crippen molar-refractivity contribution in [3.8, 4) is 0 Å². The Labute approximate surface area is 185 Å². The monoisotopic (exact) mass is 465 g/mol. The zero-order valence-corrected chi connectivity index (χ0v) is 18.9. The van der Waals surface area contributed by atoms with Crippen molar-refractivity contribution in [2.75, 3.05) is 0 Å². The van der Waals surface area contributed by atoms with Gasteiger partial charge in [-0.25, -0.2) is 18.1 Å². The number of nitrogens with one attached hydrogen (secondary N) is 1. The van der Waals surface area contributed by atoms with E-state index in [1.54, 1.807) is 30.3 Å². The van der Waals surface area contributed by atoms with Crippen LogP contribution in [-0.4, -0.2) is 23.9 Å². The fourth-order valence-electron chi connectivity index (χ4n) is 2.99. The lowest BCUT2D eigenvalue weighted by Crippen LogP contribution is -2.28. The lowest BCUT2D eigenvalue weighted by Gasteiger charge is -2.10. The Bertz CT molecular complexity index is 1230. The first kappa shape index (κ1) is 22.3. The van der Waals surface area contributed by atoms with Crippen LogP contribution in [0.15, 0.2) is 47.9 Å². The number of halogens is 2. The van der Waals surface area contributed by atoms with Gasteiger partial charge in [0.05, 0.1) is 17.6 Å². The van der Waals surface area contributed by atoms with Gasteiger partial charge in [0.2, 0.25) is 0 Å². The molecular weight excluding hydrogens is 445 g/mol. The number of unbranched alkanes of at least 4 members (excludes halogenated alkanes) is 1. The van der Waals surface area contributed by atoms with E-state index in [0.717, 1.165) is 23.2 Å². The molecule has 0 aliphatic heterocycles. The van der Waals surface area contributed by atoms with Gasteiger partial charge in [0.25, 0.3) is 15.9 Å². The van der Waals surface area contributed by atoms with E-state index in [2.05, 4.69) is 9.71 Å². The number of imidazole rings is 1. The number of nitrogens with zero attached hydrogens (tertiary/aromatic N) is 2. The van der Waals surface area contributed by atoms with Crippen LogP contribution in [0.1, 0.15) is 41.5 Å².